The summed E-state index contributed by atoms with van der Waals surface area (Å²) >= 11 is 3.63. The highest BCUT2D eigenvalue weighted by molar-refractivity contribution is 9.10. The van der Waals surface area contributed by atoms with E-state index in [-0.39, 0.29) is 11.6 Å². The molecule has 0 amide bonds. The minimum absolute atomic E-state index is 0.00518. The Balaban J connectivity index is 1.97. The van der Waals surface area contributed by atoms with E-state index in [0.29, 0.717) is 28.6 Å². The van der Waals surface area contributed by atoms with E-state index in [0.717, 1.165) is 37.5 Å². The van der Waals surface area contributed by atoms with Crippen LogP contribution in [0.3, 0.4) is 0 Å². The van der Waals surface area contributed by atoms with Crippen molar-refractivity contribution in [2.75, 3.05) is 0 Å². The smallest absolute Gasteiger partial charge is 0.194 e. The molecule has 1 unspecified atom stereocenters. The Morgan fingerprint density at radius 2 is 1.89 bits per heavy atom. The summed E-state index contributed by atoms with van der Waals surface area (Å²) < 4.78 is 0.856. The second kappa shape index (κ2) is 4.68. The lowest BCUT2D eigenvalue weighted by atomic mass is 9.59. The quantitative estimate of drug-likeness (QED) is 0.400. The van der Waals surface area contributed by atoms with E-state index in [9.17, 15) is 9.59 Å². The van der Waals surface area contributed by atoms with Crippen molar-refractivity contribution in [1.82, 2.24) is 0 Å². The highest BCUT2D eigenvalue weighted by atomic mass is 79.9. The van der Waals surface area contributed by atoms with Gasteiger partial charge in [-0.05, 0) is 41.5 Å². The summed E-state index contributed by atoms with van der Waals surface area (Å²) in [4.78, 5) is 27.0. The van der Waals surface area contributed by atoms with Crippen LogP contribution in [-0.2, 0) is 5.41 Å². The van der Waals surface area contributed by atoms with Crippen LogP contribution < -0.4 is 5.46 Å². The van der Waals surface area contributed by atoms with Gasteiger partial charge in [-0.2, -0.15) is 0 Å². The first kappa shape index (κ1) is 15.6. The number of benzene rings is 3. The number of allylic oxidation sites excluding steroid dienone is 1. The number of carbonyl (C=O) groups excluding carboxylic acids is 2. The lowest BCUT2D eigenvalue weighted by Crippen LogP contribution is -2.40. The molecule has 0 heterocycles. The van der Waals surface area contributed by atoms with Gasteiger partial charge in [0.1, 0.15) is 7.85 Å². The minimum Gasteiger partial charge on any atom is -0.293 e. The van der Waals surface area contributed by atoms with Crippen LogP contribution in [0.2, 0.25) is 0 Å². The van der Waals surface area contributed by atoms with E-state index in [1.165, 1.54) is 0 Å². The third-order valence-electron chi connectivity index (χ3n) is 6.36. The van der Waals surface area contributed by atoms with Crippen LogP contribution in [0, 0.1) is 0 Å². The van der Waals surface area contributed by atoms with Crippen LogP contribution in [0.25, 0.3) is 28.0 Å². The molecule has 126 valence electrons. The van der Waals surface area contributed by atoms with Crippen LogP contribution in [0.4, 0.5) is 0 Å². The van der Waals surface area contributed by atoms with E-state index in [2.05, 4.69) is 22.0 Å². The normalized spacial score (nSPS) is 21.1. The van der Waals surface area contributed by atoms with Gasteiger partial charge in [-0.15, -0.1) is 0 Å². The van der Waals surface area contributed by atoms with Gasteiger partial charge in [0, 0.05) is 32.1 Å². The second-order valence-electron chi connectivity index (χ2n) is 7.78. The molecule has 0 fully saturated rings. The second-order valence-corrected chi connectivity index (χ2v) is 8.64. The van der Waals surface area contributed by atoms with Gasteiger partial charge in [-0.3, -0.25) is 9.59 Å². The Morgan fingerprint density at radius 1 is 1.07 bits per heavy atom. The molecular formula is C23H12BBrO2. The standard InChI is InChI=1S/C23H12BBrO2/c1-23-7-3-6-11-16(25)9-13-19(20(11)23)18-14(22(23)27)8-15(24)10-4-2-5-12(17(10)18)21(13)26/h2-6,8-9H,7H2,1H3. The minimum atomic E-state index is -0.683. The molecule has 0 N–H and O–H groups in total. The maximum Gasteiger partial charge on any atom is 0.194 e. The van der Waals surface area contributed by atoms with E-state index >= 15 is 0 Å². The molecule has 27 heavy (non-hydrogen) atoms. The first-order valence-electron chi connectivity index (χ1n) is 8.92. The van der Waals surface area contributed by atoms with Gasteiger partial charge in [-0.25, -0.2) is 0 Å². The van der Waals surface area contributed by atoms with Crippen molar-refractivity contribution in [3.05, 3.63) is 68.7 Å². The highest BCUT2D eigenvalue weighted by Gasteiger charge is 2.48. The van der Waals surface area contributed by atoms with E-state index in [1.54, 1.807) is 6.07 Å². The third-order valence-corrected chi connectivity index (χ3v) is 7.02. The van der Waals surface area contributed by atoms with Crippen LogP contribution >= 0.6 is 15.9 Å². The number of carbonyl (C=O) groups is 2. The number of halogens is 1. The molecule has 0 aromatic heterocycles. The first-order chi connectivity index (χ1) is 12.9. The maximum atomic E-state index is 13.6. The number of ketones is 2. The Morgan fingerprint density at radius 3 is 2.70 bits per heavy atom. The summed E-state index contributed by atoms with van der Waals surface area (Å²) in [5, 5.41) is 1.66. The molecule has 2 radical (unpaired) electrons. The molecule has 0 saturated heterocycles. The SMILES string of the molecule is [B]c1cc2c3c4c(cccc14)C(=O)c1cc(Br)c4c(c1-3)C(C)(CC=C4)C2=O. The van der Waals surface area contributed by atoms with Gasteiger partial charge in [0.2, 0.25) is 0 Å². The predicted octanol–water partition coefficient (Wildman–Crippen LogP) is 4.48. The molecule has 3 aliphatic carbocycles. The summed E-state index contributed by atoms with van der Waals surface area (Å²) in [7, 11) is 6.31. The van der Waals surface area contributed by atoms with Gasteiger partial charge >= 0.3 is 0 Å². The van der Waals surface area contributed by atoms with Crippen molar-refractivity contribution in [2.24, 2.45) is 0 Å². The number of hydrogen-bond acceptors (Lipinski definition) is 2. The van der Waals surface area contributed by atoms with E-state index in [1.807, 2.05) is 37.3 Å². The summed E-state index contributed by atoms with van der Waals surface area (Å²) in [6.45, 7) is 1.98. The zero-order chi connectivity index (χ0) is 18.7. The summed E-state index contributed by atoms with van der Waals surface area (Å²) in [6.07, 6.45) is 4.72. The lowest BCUT2D eigenvalue weighted by Gasteiger charge is -2.41. The lowest BCUT2D eigenvalue weighted by molar-refractivity contribution is 0.0892. The van der Waals surface area contributed by atoms with Crippen molar-refractivity contribution in [2.45, 2.75) is 18.8 Å². The summed E-state index contributed by atoms with van der Waals surface area (Å²) in [5.74, 6) is 0.0757. The number of Topliss-reactive ketones (excluding diaryl/α,β-unsaturated/α-hetero) is 1. The monoisotopic (exact) mass is 410 g/mol. The van der Waals surface area contributed by atoms with Gasteiger partial charge in [0.25, 0.3) is 0 Å². The molecule has 2 nitrogen and oxygen atoms in total. The molecular weight excluding hydrogens is 399 g/mol. The van der Waals surface area contributed by atoms with E-state index < -0.39 is 5.41 Å². The topological polar surface area (TPSA) is 34.1 Å². The fourth-order valence-electron chi connectivity index (χ4n) is 5.13. The third kappa shape index (κ3) is 1.60. The average Bonchev–Trinajstić information content (AvgIpc) is 2.66. The maximum absolute atomic E-state index is 13.6. The fourth-order valence-corrected chi connectivity index (χ4v) is 5.69. The molecule has 0 saturated carbocycles. The molecule has 6 rings (SSSR count). The first-order valence-corrected chi connectivity index (χ1v) is 9.71. The van der Waals surface area contributed by atoms with Crippen molar-refractivity contribution in [3.8, 4) is 11.1 Å². The van der Waals surface area contributed by atoms with Gasteiger partial charge in [0.05, 0.1) is 5.41 Å². The average molecular weight is 411 g/mol. The molecule has 0 spiro atoms. The van der Waals surface area contributed by atoms with E-state index in [4.69, 9.17) is 7.85 Å². The zero-order valence-electron chi connectivity index (χ0n) is 14.5. The number of hydrogen-bond donors (Lipinski definition) is 0. The van der Waals surface area contributed by atoms with Crippen LogP contribution in [0.1, 0.15) is 50.8 Å². The predicted molar refractivity (Wildman–Crippen MR) is 111 cm³/mol. The molecule has 3 aromatic carbocycles. The molecule has 0 bridgehead atoms. The number of rotatable bonds is 0. The Labute approximate surface area is 165 Å². The molecule has 3 aromatic rings. The van der Waals surface area contributed by atoms with Gasteiger partial charge in [-0.1, -0.05) is 57.8 Å². The van der Waals surface area contributed by atoms with Crippen LogP contribution in [0.15, 0.2) is 40.9 Å². The molecule has 1 atom stereocenters. The van der Waals surface area contributed by atoms with Crippen LogP contribution in [0.5, 0.6) is 0 Å². The van der Waals surface area contributed by atoms with Crippen molar-refractivity contribution >= 4 is 57.7 Å². The van der Waals surface area contributed by atoms with Crippen LogP contribution in [-0.4, -0.2) is 19.4 Å². The Hall–Kier alpha value is -2.46. The Kier molecular flexibility index (Phi) is 2.70. The largest absolute Gasteiger partial charge is 0.293 e. The molecule has 3 aliphatic rings. The van der Waals surface area contributed by atoms with Crippen molar-refractivity contribution in [1.29, 1.82) is 0 Å². The zero-order valence-corrected chi connectivity index (χ0v) is 16.1. The van der Waals surface area contributed by atoms with Crippen molar-refractivity contribution in [3.63, 3.8) is 0 Å². The van der Waals surface area contributed by atoms with Gasteiger partial charge < -0.3 is 0 Å². The summed E-state index contributed by atoms with van der Waals surface area (Å²) in [5.41, 5.74) is 5.57. The fraction of sp³-hybridized carbons (Fsp3) is 0.130. The molecule has 4 heteroatoms. The highest BCUT2D eigenvalue weighted by Crippen LogP contribution is 2.55. The van der Waals surface area contributed by atoms with Gasteiger partial charge in [0.15, 0.2) is 11.6 Å². The molecule has 0 aliphatic heterocycles. The van der Waals surface area contributed by atoms with Crippen molar-refractivity contribution < 1.29 is 9.59 Å². The Bertz CT molecular complexity index is 1320. The summed E-state index contributed by atoms with van der Waals surface area (Å²) in [6, 6.07) is 9.32.